The van der Waals surface area contributed by atoms with Crippen LogP contribution in [0.25, 0.3) is 0 Å². The van der Waals surface area contributed by atoms with Crippen molar-refractivity contribution in [2.45, 2.75) is 12.8 Å². The van der Waals surface area contributed by atoms with E-state index in [0.29, 0.717) is 13.1 Å². The summed E-state index contributed by atoms with van der Waals surface area (Å²) >= 11 is 0. The van der Waals surface area contributed by atoms with Gasteiger partial charge in [0, 0.05) is 18.3 Å². The number of likely N-dealkylation sites (tertiary alicyclic amines) is 1. The second-order valence-corrected chi connectivity index (χ2v) is 2.07. The van der Waals surface area contributed by atoms with Crippen LogP contribution < -0.4 is 0 Å². The lowest BCUT2D eigenvalue weighted by molar-refractivity contribution is 0.218. The van der Waals surface area contributed by atoms with Crippen LogP contribution in [0.5, 0.6) is 0 Å². The number of carbonyl (C=O) groups is 1. The zero-order valence-electron chi connectivity index (χ0n) is 5.04. The predicted molar refractivity (Wildman–Crippen MR) is 32.0 cm³/mol. The number of nitroso groups, excluding NO2 is 1. The third kappa shape index (κ3) is 1.25. The molecule has 1 aliphatic rings. The number of rotatable bonds is 0. The van der Waals surface area contributed by atoms with Crippen LogP contribution in [0.2, 0.25) is 0 Å². The van der Waals surface area contributed by atoms with Crippen molar-refractivity contribution in [2.75, 3.05) is 13.1 Å². The summed E-state index contributed by atoms with van der Waals surface area (Å²) in [6, 6.07) is -0.618. The zero-order valence-corrected chi connectivity index (χ0v) is 5.04. The van der Waals surface area contributed by atoms with E-state index in [1.54, 1.807) is 0 Å². The Bertz CT molecular complexity index is 129. The van der Waals surface area contributed by atoms with Crippen molar-refractivity contribution in [2.24, 2.45) is 5.18 Å². The molecule has 1 saturated heterocycles. The van der Waals surface area contributed by atoms with Crippen LogP contribution in [-0.2, 0) is 0 Å². The lowest BCUT2D eigenvalue weighted by Crippen LogP contribution is -2.23. The Hall–Kier alpha value is -0.930. The molecular weight excluding hydrogens is 120 g/mol. The van der Waals surface area contributed by atoms with Gasteiger partial charge in [0.05, 0.1) is 0 Å². The first kappa shape index (κ1) is 6.19. The summed E-state index contributed by atoms with van der Waals surface area (Å²) in [4.78, 5) is 21.6. The van der Waals surface area contributed by atoms with Gasteiger partial charge in [-0.3, -0.25) is 0 Å². The molecule has 1 fully saturated rings. The van der Waals surface area contributed by atoms with Crippen molar-refractivity contribution in [1.82, 2.24) is 4.90 Å². The minimum atomic E-state index is -0.618. The molecule has 0 saturated carbocycles. The fourth-order valence-electron chi connectivity index (χ4n) is 0.966. The quantitative estimate of drug-likeness (QED) is 0.456. The van der Waals surface area contributed by atoms with Gasteiger partial charge in [0.2, 0.25) is 0 Å². The zero-order chi connectivity index (χ0) is 6.69. The first-order chi connectivity index (χ1) is 4.34. The SMILES string of the molecule is O=NC(=O)N1CCCC1. The summed E-state index contributed by atoms with van der Waals surface area (Å²) in [5.74, 6) is 0. The molecule has 0 bridgehead atoms. The molecule has 9 heavy (non-hydrogen) atoms. The molecule has 0 aromatic carbocycles. The normalized spacial score (nSPS) is 18.0. The van der Waals surface area contributed by atoms with Crippen LogP contribution in [0.3, 0.4) is 0 Å². The molecule has 0 unspecified atom stereocenters. The van der Waals surface area contributed by atoms with Crippen LogP contribution in [0.4, 0.5) is 4.79 Å². The number of carbonyl (C=O) groups excluding carboxylic acids is 1. The first-order valence-corrected chi connectivity index (χ1v) is 2.97. The average molecular weight is 128 g/mol. The van der Waals surface area contributed by atoms with Crippen LogP contribution in [0.15, 0.2) is 5.18 Å². The molecule has 0 atom stereocenters. The summed E-state index contributed by atoms with van der Waals surface area (Å²) in [6.45, 7) is 1.40. The molecule has 2 amide bonds. The van der Waals surface area contributed by atoms with E-state index in [1.807, 2.05) is 0 Å². The maximum absolute atomic E-state index is 10.5. The molecule has 1 aliphatic heterocycles. The molecule has 1 heterocycles. The molecule has 0 spiro atoms. The average Bonchev–Trinajstić information content (AvgIpc) is 2.37. The monoisotopic (exact) mass is 128 g/mol. The molecule has 0 aromatic heterocycles. The van der Waals surface area contributed by atoms with Crippen molar-refractivity contribution in [1.29, 1.82) is 0 Å². The number of nitrogens with zero attached hydrogens (tertiary/aromatic N) is 2. The second-order valence-electron chi connectivity index (χ2n) is 2.07. The number of hydrogen-bond acceptors (Lipinski definition) is 2. The van der Waals surface area contributed by atoms with Gasteiger partial charge in [-0.15, -0.1) is 4.91 Å². The smallest absolute Gasteiger partial charge is 0.320 e. The van der Waals surface area contributed by atoms with Crippen molar-refractivity contribution >= 4 is 6.03 Å². The highest BCUT2D eigenvalue weighted by atomic mass is 16.3. The summed E-state index contributed by atoms with van der Waals surface area (Å²) in [5, 5.41) is 2.31. The Balaban J connectivity index is 2.41. The lowest BCUT2D eigenvalue weighted by atomic mass is 10.4. The summed E-state index contributed by atoms with van der Waals surface area (Å²) < 4.78 is 0. The third-order valence-corrected chi connectivity index (χ3v) is 1.45. The maximum atomic E-state index is 10.5. The fourth-order valence-corrected chi connectivity index (χ4v) is 0.966. The van der Waals surface area contributed by atoms with Gasteiger partial charge in [-0.1, -0.05) is 0 Å². The van der Waals surface area contributed by atoms with Gasteiger partial charge in [0.1, 0.15) is 0 Å². The van der Waals surface area contributed by atoms with E-state index in [2.05, 4.69) is 5.18 Å². The van der Waals surface area contributed by atoms with Gasteiger partial charge in [-0.25, -0.2) is 4.79 Å². The molecule has 0 aliphatic carbocycles. The Labute approximate surface area is 52.8 Å². The van der Waals surface area contributed by atoms with E-state index in [1.165, 1.54) is 4.90 Å². The fraction of sp³-hybridized carbons (Fsp3) is 0.800. The molecule has 0 aromatic rings. The Morgan fingerprint density at radius 1 is 1.33 bits per heavy atom. The van der Waals surface area contributed by atoms with Gasteiger partial charge in [-0.2, -0.15) is 0 Å². The summed E-state index contributed by atoms with van der Waals surface area (Å²) in [5.41, 5.74) is 0. The topological polar surface area (TPSA) is 49.7 Å². The van der Waals surface area contributed by atoms with Crippen molar-refractivity contribution in [3.8, 4) is 0 Å². The summed E-state index contributed by atoms with van der Waals surface area (Å²) in [6.07, 6.45) is 2.00. The van der Waals surface area contributed by atoms with Crippen molar-refractivity contribution in [3.63, 3.8) is 0 Å². The van der Waals surface area contributed by atoms with Crippen LogP contribution >= 0.6 is 0 Å². The van der Waals surface area contributed by atoms with E-state index in [9.17, 15) is 9.70 Å². The van der Waals surface area contributed by atoms with E-state index in [4.69, 9.17) is 0 Å². The van der Waals surface area contributed by atoms with Gasteiger partial charge >= 0.3 is 6.03 Å². The maximum Gasteiger partial charge on any atom is 0.381 e. The van der Waals surface area contributed by atoms with Crippen LogP contribution in [0.1, 0.15) is 12.8 Å². The second kappa shape index (κ2) is 2.57. The van der Waals surface area contributed by atoms with E-state index >= 15 is 0 Å². The van der Waals surface area contributed by atoms with Crippen LogP contribution in [-0.4, -0.2) is 24.0 Å². The first-order valence-electron chi connectivity index (χ1n) is 2.97. The molecule has 0 radical (unpaired) electrons. The highest BCUT2D eigenvalue weighted by Gasteiger charge is 2.17. The minimum absolute atomic E-state index is 0.618. The molecule has 4 heteroatoms. The standard InChI is InChI=1S/C5H8N2O2/c8-5(6-9)7-3-1-2-4-7/h1-4H2. The number of hydrogen-bond donors (Lipinski definition) is 0. The van der Waals surface area contributed by atoms with Gasteiger partial charge < -0.3 is 4.90 Å². The van der Waals surface area contributed by atoms with Gasteiger partial charge in [-0.05, 0) is 12.8 Å². The minimum Gasteiger partial charge on any atom is -0.320 e. The molecule has 1 rings (SSSR count). The molecule has 0 N–H and O–H groups in total. The number of amides is 2. The van der Waals surface area contributed by atoms with Crippen molar-refractivity contribution in [3.05, 3.63) is 4.91 Å². The highest BCUT2D eigenvalue weighted by molar-refractivity contribution is 5.74. The molecule has 4 nitrogen and oxygen atoms in total. The molecular formula is C5H8N2O2. The Morgan fingerprint density at radius 3 is 2.33 bits per heavy atom. The van der Waals surface area contributed by atoms with E-state index in [0.717, 1.165) is 12.8 Å². The van der Waals surface area contributed by atoms with Gasteiger partial charge in [0.25, 0.3) is 0 Å². The molecule has 50 valence electrons. The van der Waals surface area contributed by atoms with E-state index in [-0.39, 0.29) is 0 Å². The predicted octanol–water partition coefficient (Wildman–Crippen LogP) is 0.969. The Kier molecular flexibility index (Phi) is 1.77. The lowest BCUT2D eigenvalue weighted by Gasteiger charge is -2.07. The summed E-state index contributed by atoms with van der Waals surface area (Å²) in [7, 11) is 0. The number of urea groups is 1. The van der Waals surface area contributed by atoms with Crippen molar-refractivity contribution < 1.29 is 4.79 Å². The highest BCUT2D eigenvalue weighted by Crippen LogP contribution is 2.07. The largest absolute Gasteiger partial charge is 0.381 e. The third-order valence-electron chi connectivity index (χ3n) is 1.45. The van der Waals surface area contributed by atoms with Gasteiger partial charge in [0.15, 0.2) is 0 Å². The Morgan fingerprint density at radius 2 is 1.89 bits per heavy atom. The van der Waals surface area contributed by atoms with Crippen LogP contribution in [0, 0.1) is 4.91 Å². The van der Waals surface area contributed by atoms with E-state index < -0.39 is 6.03 Å².